The van der Waals surface area contributed by atoms with E-state index in [-0.39, 0.29) is 29.5 Å². The zero-order chi connectivity index (χ0) is 14.7. The van der Waals surface area contributed by atoms with Crippen molar-refractivity contribution in [3.63, 3.8) is 0 Å². The number of benzene rings is 2. The fourth-order valence-electron chi connectivity index (χ4n) is 1.70. The summed E-state index contributed by atoms with van der Waals surface area (Å²) in [6, 6.07) is 6.74. The van der Waals surface area contributed by atoms with Gasteiger partial charge in [0.15, 0.2) is 11.6 Å². The lowest BCUT2D eigenvalue weighted by molar-refractivity contribution is 0.256. The van der Waals surface area contributed by atoms with Crippen molar-refractivity contribution in [1.29, 1.82) is 0 Å². The van der Waals surface area contributed by atoms with Crippen molar-refractivity contribution in [2.75, 3.05) is 0 Å². The minimum Gasteiger partial charge on any atom is -0.487 e. The van der Waals surface area contributed by atoms with Gasteiger partial charge >= 0.3 is 0 Å². The second-order valence-corrected chi connectivity index (χ2v) is 4.88. The van der Waals surface area contributed by atoms with Crippen LogP contribution in [0.2, 0.25) is 10.0 Å². The average molecular weight is 319 g/mol. The van der Waals surface area contributed by atoms with Crippen molar-refractivity contribution in [3.05, 3.63) is 63.1 Å². The Morgan fingerprint density at radius 2 is 1.85 bits per heavy atom. The molecule has 0 saturated heterocycles. The van der Waals surface area contributed by atoms with E-state index in [0.717, 1.165) is 6.07 Å². The summed E-state index contributed by atoms with van der Waals surface area (Å²) in [6.07, 6.45) is 0. The van der Waals surface area contributed by atoms with Gasteiger partial charge in [-0.25, -0.2) is 8.78 Å². The summed E-state index contributed by atoms with van der Waals surface area (Å²) >= 11 is 11.8. The van der Waals surface area contributed by atoms with Crippen LogP contribution in [-0.2, 0) is 13.2 Å². The third-order valence-electron chi connectivity index (χ3n) is 2.66. The lowest BCUT2D eigenvalue weighted by atomic mass is 10.2. The highest BCUT2D eigenvalue weighted by Gasteiger charge is 2.13. The Morgan fingerprint density at radius 3 is 2.55 bits per heavy atom. The molecular weight excluding hydrogens is 309 g/mol. The number of hydrogen-bond acceptors (Lipinski definition) is 2. The summed E-state index contributed by atoms with van der Waals surface area (Å²) in [5.74, 6) is -1.72. The quantitative estimate of drug-likeness (QED) is 0.908. The molecule has 20 heavy (non-hydrogen) atoms. The number of ether oxygens (including phenoxy) is 1. The molecule has 0 amide bonds. The van der Waals surface area contributed by atoms with Gasteiger partial charge in [0.1, 0.15) is 12.4 Å². The Balaban J connectivity index is 2.25. The van der Waals surface area contributed by atoms with E-state index in [9.17, 15) is 13.9 Å². The molecule has 2 aromatic carbocycles. The van der Waals surface area contributed by atoms with Gasteiger partial charge in [-0.05, 0) is 18.2 Å². The highest BCUT2D eigenvalue weighted by Crippen LogP contribution is 2.33. The first kappa shape index (κ1) is 15.0. The van der Waals surface area contributed by atoms with E-state index >= 15 is 0 Å². The predicted molar refractivity (Wildman–Crippen MR) is 73.1 cm³/mol. The van der Waals surface area contributed by atoms with Gasteiger partial charge in [-0.15, -0.1) is 0 Å². The molecule has 0 aliphatic heterocycles. The maximum absolute atomic E-state index is 13.5. The zero-order valence-electron chi connectivity index (χ0n) is 10.2. The van der Waals surface area contributed by atoms with Crippen molar-refractivity contribution in [2.24, 2.45) is 0 Å². The molecule has 0 bridgehead atoms. The first-order chi connectivity index (χ1) is 9.52. The largest absolute Gasteiger partial charge is 0.487 e. The molecule has 0 aromatic heterocycles. The predicted octanol–water partition coefficient (Wildman–Crippen LogP) is 4.34. The topological polar surface area (TPSA) is 29.5 Å². The molecule has 2 nitrogen and oxygen atoms in total. The molecule has 0 atom stereocenters. The van der Waals surface area contributed by atoms with Gasteiger partial charge in [0.05, 0.1) is 11.6 Å². The van der Waals surface area contributed by atoms with E-state index in [1.165, 1.54) is 24.3 Å². The van der Waals surface area contributed by atoms with Crippen molar-refractivity contribution < 1.29 is 18.6 Å². The minimum atomic E-state index is -0.969. The van der Waals surface area contributed by atoms with Crippen molar-refractivity contribution in [1.82, 2.24) is 0 Å². The first-order valence-electron chi connectivity index (χ1n) is 5.67. The van der Waals surface area contributed by atoms with E-state index in [1.54, 1.807) is 0 Å². The fraction of sp³-hybridized carbons (Fsp3) is 0.143. The van der Waals surface area contributed by atoms with Gasteiger partial charge in [0.2, 0.25) is 0 Å². The van der Waals surface area contributed by atoms with Gasteiger partial charge < -0.3 is 9.84 Å². The summed E-state index contributed by atoms with van der Waals surface area (Å²) in [6.45, 7) is -0.542. The highest BCUT2D eigenvalue weighted by molar-refractivity contribution is 6.35. The molecule has 0 spiro atoms. The lowest BCUT2D eigenvalue weighted by Gasteiger charge is -2.13. The molecule has 0 fully saturated rings. The van der Waals surface area contributed by atoms with Crippen LogP contribution in [0.4, 0.5) is 8.78 Å². The number of rotatable bonds is 4. The minimum absolute atomic E-state index is 0.0555. The van der Waals surface area contributed by atoms with Crippen LogP contribution < -0.4 is 4.74 Å². The van der Waals surface area contributed by atoms with Crippen molar-refractivity contribution >= 4 is 23.2 Å². The highest BCUT2D eigenvalue weighted by atomic mass is 35.5. The van der Waals surface area contributed by atoms with Crippen LogP contribution in [0.15, 0.2) is 30.3 Å². The molecule has 0 heterocycles. The van der Waals surface area contributed by atoms with Gasteiger partial charge in [-0.1, -0.05) is 35.3 Å². The third kappa shape index (κ3) is 3.20. The SMILES string of the molecule is OCc1cc(Cl)cc(Cl)c1OCc1cccc(F)c1F. The third-order valence-corrected chi connectivity index (χ3v) is 3.16. The Morgan fingerprint density at radius 1 is 1.10 bits per heavy atom. The lowest BCUT2D eigenvalue weighted by Crippen LogP contribution is -2.03. The second kappa shape index (κ2) is 6.39. The van der Waals surface area contributed by atoms with Crippen molar-refractivity contribution in [3.8, 4) is 5.75 Å². The van der Waals surface area contributed by atoms with Crippen LogP contribution in [0, 0.1) is 11.6 Å². The number of aliphatic hydroxyl groups excluding tert-OH is 1. The van der Waals surface area contributed by atoms with Crippen LogP contribution >= 0.6 is 23.2 Å². The summed E-state index contributed by atoms with van der Waals surface area (Å²) in [7, 11) is 0. The summed E-state index contributed by atoms with van der Waals surface area (Å²) in [5, 5.41) is 9.78. The molecule has 0 radical (unpaired) electrons. The van der Waals surface area contributed by atoms with E-state index in [4.69, 9.17) is 27.9 Å². The van der Waals surface area contributed by atoms with Gasteiger partial charge in [0.25, 0.3) is 0 Å². The summed E-state index contributed by atoms with van der Waals surface area (Å²) in [5.41, 5.74) is 0.430. The summed E-state index contributed by atoms with van der Waals surface area (Å²) < 4.78 is 31.9. The maximum atomic E-state index is 13.5. The molecule has 2 aromatic rings. The number of hydrogen-bond donors (Lipinski definition) is 1. The first-order valence-corrected chi connectivity index (χ1v) is 6.43. The number of halogens is 4. The Bertz CT molecular complexity index is 633. The Kier molecular flexibility index (Phi) is 4.81. The van der Waals surface area contributed by atoms with E-state index < -0.39 is 11.6 Å². The van der Waals surface area contributed by atoms with Gasteiger partial charge in [0, 0.05) is 16.1 Å². The van der Waals surface area contributed by atoms with Gasteiger partial charge in [-0.3, -0.25) is 0 Å². The Hall–Kier alpha value is -1.36. The molecule has 0 saturated carbocycles. The standard InChI is InChI=1S/C14H10Cl2F2O2/c15-10-4-9(6-19)14(11(16)5-10)20-7-8-2-1-3-12(17)13(8)18/h1-5,19H,6-7H2. The van der Waals surface area contributed by atoms with Crippen LogP contribution in [-0.4, -0.2) is 5.11 Å². The van der Waals surface area contributed by atoms with Crippen LogP contribution in [0.3, 0.4) is 0 Å². The molecule has 6 heteroatoms. The molecule has 0 aliphatic rings. The van der Waals surface area contributed by atoms with Crippen molar-refractivity contribution in [2.45, 2.75) is 13.2 Å². The van der Waals surface area contributed by atoms with Crippen LogP contribution in [0.1, 0.15) is 11.1 Å². The number of aliphatic hydroxyl groups is 1. The van der Waals surface area contributed by atoms with Crippen LogP contribution in [0.5, 0.6) is 5.75 Å². The smallest absolute Gasteiger partial charge is 0.165 e. The molecular formula is C14H10Cl2F2O2. The normalized spacial score (nSPS) is 10.7. The molecule has 106 valence electrons. The van der Waals surface area contributed by atoms with E-state index in [1.807, 2.05) is 0 Å². The average Bonchev–Trinajstić information content (AvgIpc) is 2.41. The van der Waals surface area contributed by atoms with Gasteiger partial charge in [-0.2, -0.15) is 0 Å². The summed E-state index contributed by atoms with van der Waals surface area (Å²) in [4.78, 5) is 0. The molecule has 0 aliphatic carbocycles. The maximum Gasteiger partial charge on any atom is 0.165 e. The molecule has 0 unspecified atom stereocenters. The van der Waals surface area contributed by atoms with Crippen LogP contribution in [0.25, 0.3) is 0 Å². The second-order valence-electron chi connectivity index (χ2n) is 4.04. The fourth-order valence-corrected chi connectivity index (χ4v) is 2.29. The van der Waals surface area contributed by atoms with E-state index in [0.29, 0.717) is 10.6 Å². The zero-order valence-corrected chi connectivity index (χ0v) is 11.7. The molecule has 2 rings (SSSR count). The monoisotopic (exact) mass is 318 g/mol. The van der Waals surface area contributed by atoms with E-state index in [2.05, 4.69) is 0 Å². The molecule has 1 N–H and O–H groups in total. The Labute approximate surface area is 124 Å².